The van der Waals surface area contributed by atoms with Crippen molar-refractivity contribution in [3.63, 3.8) is 0 Å². The molecule has 2 aliphatic rings. The van der Waals surface area contributed by atoms with E-state index >= 15 is 0 Å². The molecule has 0 amide bonds. The summed E-state index contributed by atoms with van der Waals surface area (Å²) in [5.41, 5.74) is 5.10. The molecule has 0 aliphatic carbocycles. The number of rotatable bonds is 5. The van der Waals surface area contributed by atoms with Crippen molar-refractivity contribution in [1.29, 1.82) is 0 Å². The Morgan fingerprint density at radius 2 is 0.935 bits per heavy atom. The Kier molecular flexibility index (Phi) is 6.25. The maximum absolute atomic E-state index is 6.60. The molecule has 9 rings (SSSR count). The van der Waals surface area contributed by atoms with E-state index in [1.165, 1.54) is 20.7 Å². The number of ether oxygens (including phenoxy) is 2. The number of aromatic nitrogens is 1. The van der Waals surface area contributed by atoms with Crippen LogP contribution in [0.4, 0.5) is 0 Å². The van der Waals surface area contributed by atoms with Crippen LogP contribution in [0.1, 0.15) is 0 Å². The highest BCUT2D eigenvalue weighted by atomic mass is 28.3. The predicted molar refractivity (Wildman–Crippen MR) is 191 cm³/mol. The minimum Gasteiger partial charge on any atom is -0.458 e. The third-order valence-corrected chi connectivity index (χ3v) is 14.1. The highest BCUT2D eigenvalue weighted by molar-refractivity contribution is 7.19. The summed E-state index contributed by atoms with van der Waals surface area (Å²) in [5, 5.41) is 5.29. The van der Waals surface area contributed by atoms with Gasteiger partial charge in [-0.15, -0.1) is 0 Å². The summed E-state index contributed by atoms with van der Waals surface area (Å²) in [6, 6.07) is 60.6. The zero-order chi connectivity index (χ0) is 30.5. The Labute approximate surface area is 269 Å². The molecule has 0 fully saturated rings. The number of benzene rings is 6. The normalized spacial score (nSPS) is 12.7. The fourth-order valence-corrected chi connectivity index (χ4v) is 12.2. The molecular weight excluding hydrogens is 577 g/mol. The number of para-hydroxylation sites is 2. The first kappa shape index (κ1) is 26.7. The average Bonchev–Trinajstić information content (AvgIpc) is 3.13. The van der Waals surface area contributed by atoms with E-state index in [0.717, 1.165) is 44.9 Å². The van der Waals surface area contributed by atoms with Crippen LogP contribution in [-0.4, -0.2) is 19.8 Å². The van der Waals surface area contributed by atoms with Crippen molar-refractivity contribution in [3.8, 4) is 34.4 Å². The molecule has 46 heavy (non-hydrogen) atoms. The molecule has 0 N–H and O–H groups in total. The van der Waals surface area contributed by atoms with Crippen LogP contribution in [0.15, 0.2) is 170 Å². The Balaban J connectivity index is 1.26. The van der Waals surface area contributed by atoms with E-state index in [-0.39, 0.29) is 6.71 Å². The Hall–Kier alpha value is -5.65. The minimum absolute atomic E-state index is 0.00193. The lowest BCUT2D eigenvalue weighted by atomic mass is 9.35. The molecular formula is C41H28BNO2Si. The second-order valence-corrected chi connectivity index (χ2v) is 15.7. The first-order chi connectivity index (χ1) is 22.8. The summed E-state index contributed by atoms with van der Waals surface area (Å²) >= 11 is 0. The van der Waals surface area contributed by atoms with Gasteiger partial charge in [-0.05, 0) is 43.8 Å². The third kappa shape index (κ3) is 4.09. The fourth-order valence-electron chi connectivity index (χ4n) is 7.39. The van der Waals surface area contributed by atoms with Gasteiger partial charge in [-0.25, -0.2) is 4.98 Å². The Morgan fingerprint density at radius 1 is 0.435 bits per heavy atom. The molecule has 0 saturated heterocycles. The van der Waals surface area contributed by atoms with Crippen LogP contribution in [-0.2, 0) is 0 Å². The molecule has 0 saturated carbocycles. The zero-order valence-electron chi connectivity index (χ0n) is 25.0. The second-order valence-electron chi connectivity index (χ2n) is 11.9. The molecule has 3 heterocycles. The van der Waals surface area contributed by atoms with Gasteiger partial charge >= 0.3 is 0 Å². The van der Waals surface area contributed by atoms with Crippen molar-refractivity contribution in [1.82, 2.24) is 4.98 Å². The van der Waals surface area contributed by atoms with Crippen molar-refractivity contribution >= 4 is 51.9 Å². The van der Waals surface area contributed by atoms with E-state index in [9.17, 15) is 0 Å². The van der Waals surface area contributed by atoms with Gasteiger partial charge in [0.15, 0.2) is 8.07 Å². The second kappa shape index (κ2) is 10.8. The highest BCUT2D eigenvalue weighted by Gasteiger charge is 2.43. The third-order valence-electron chi connectivity index (χ3n) is 9.37. The van der Waals surface area contributed by atoms with Gasteiger partial charge in [0.1, 0.15) is 17.2 Å². The van der Waals surface area contributed by atoms with E-state index < -0.39 is 8.07 Å². The van der Waals surface area contributed by atoms with Gasteiger partial charge in [0, 0.05) is 17.1 Å². The van der Waals surface area contributed by atoms with Gasteiger partial charge in [0.2, 0.25) is 5.88 Å². The first-order valence-corrected chi connectivity index (χ1v) is 17.7. The number of hydrogen-bond acceptors (Lipinski definition) is 3. The number of hydrogen-bond donors (Lipinski definition) is 0. The standard InChI is InChI=1S/C41H28BNO2Si/c1-4-16-30(17-5-1)46(31-18-6-2-7-19-31,32-20-8-3-9-21-32)33-22-14-15-29(27-33)36-28-39-40-41(43-36)45-38-26-13-11-24-35(38)42(40)34-23-10-12-25-37(34)44-39/h1-28H. The first-order valence-electron chi connectivity index (χ1n) is 15.7. The van der Waals surface area contributed by atoms with Crippen LogP contribution in [0.25, 0.3) is 11.3 Å². The van der Waals surface area contributed by atoms with Gasteiger partial charge in [-0.1, -0.05) is 152 Å². The van der Waals surface area contributed by atoms with Crippen LogP contribution in [0.3, 0.4) is 0 Å². The fraction of sp³-hybridized carbons (Fsp3) is 0. The van der Waals surface area contributed by atoms with Gasteiger partial charge in [-0.3, -0.25) is 0 Å². The van der Waals surface area contributed by atoms with Gasteiger partial charge in [0.05, 0.1) is 5.69 Å². The predicted octanol–water partition coefficient (Wildman–Crippen LogP) is 4.85. The summed E-state index contributed by atoms with van der Waals surface area (Å²) < 4.78 is 13.1. The lowest BCUT2D eigenvalue weighted by Gasteiger charge is -2.35. The Morgan fingerprint density at radius 3 is 1.52 bits per heavy atom. The van der Waals surface area contributed by atoms with Crippen molar-refractivity contribution < 1.29 is 9.47 Å². The topological polar surface area (TPSA) is 31.4 Å². The van der Waals surface area contributed by atoms with Crippen LogP contribution in [0, 0.1) is 0 Å². The van der Waals surface area contributed by atoms with E-state index in [1.54, 1.807) is 0 Å². The molecule has 1 aromatic heterocycles. The minimum atomic E-state index is -2.70. The maximum atomic E-state index is 6.60. The maximum Gasteiger partial charge on any atom is 0.262 e. The smallest absolute Gasteiger partial charge is 0.262 e. The van der Waals surface area contributed by atoms with Gasteiger partial charge in [-0.2, -0.15) is 0 Å². The van der Waals surface area contributed by atoms with E-state index in [1.807, 2.05) is 18.2 Å². The van der Waals surface area contributed by atoms with Gasteiger partial charge < -0.3 is 9.47 Å². The van der Waals surface area contributed by atoms with Crippen molar-refractivity contribution in [3.05, 3.63) is 170 Å². The van der Waals surface area contributed by atoms with Gasteiger partial charge in [0.25, 0.3) is 6.71 Å². The van der Waals surface area contributed by atoms with Crippen LogP contribution < -0.4 is 46.6 Å². The monoisotopic (exact) mass is 605 g/mol. The molecule has 3 nitrogen and oxygen atoms in total. The lowest BCUT2D eigenvalue weighted by Crippen LogP contribution is -2.74. The van der Waals surface area contributed by atoms with Crippen LogP contribution in [0.5, 0.6) is 23.1 Å². The SMILES string of the molecule is c1ccc([Si](c2ccccc2)(c2ccccc2)c2cccc(-c3cc4c5c(n3)Oc3ccccc3B5c3ccccc3O4)c2)cc1. The lowest BCUT2D eigenvalue weighted by molar-refractivity contribution is 0.451. The molecule has 5 heteroatoms. The van der Waals surface area contributed by atoms with Crippen molar-refractivity contribution in [2.45, 2.75) is 0 Å². The summed E-state index contributed by atoms with van der Waals surface area (Å²) in [7, 11) is -2.70. The number of nitrogens with zero attached hydrogens (tertiary/aromatic N) is 1. The molecule has 6 aromatic carbocycles. The highest BCUT2D eigenvalue weighted by Crippen LogP contribution is 2.35. The van der Waals surface area contributed by atoms with E-state index in [0.29, 0.717) is 5.88 Å². The number of pyridine rings is 1. The van der Waals surface area contributed by atoms with Crippen molar-refractivity contribution in [2.75, 3.05) is 0 Å². The average molecular weight is 606 g/mol. The molecule has 7 aromatic rings. The largest absolute Gasteiger partial charge is 0.458 e. The summed E-state index contributed by atoms with van der Waals surface area (Å²) in [6.07, 6.45) is 0. The zero-order valence-corrected chi connectivity index (χ0v) is 26.0. The van der Waals surface area contributed by atoms with E-state index in [2.05, 4.69) is 152 Å². The van der Waals surface area contributed by atoms with E-state index in [4.69, 9.17) is 14.5 Å². The summed E-state index contributed by atoms with van der Waals surface area (Å²) in [4.78, 5) is 5.20. The Bertz CT molecular complexity index is 2060. The quantitative estimate of drug-likeness (QED) is 0.208. The molecule has 0 bridgehead atoms. The molecule has 0 spiro atoms. The molecule has 216 valence electrons. The summed E-state index contributed by atoms with van der Waals surface area (Å²) in [6.45, 7) is 0.00193. The number of fused-ring (bicyclic) bond motifs is 4. The molecule has 0 radical (unpaired) electrons. The molecule has 0 unspecified atom stereocenters. The van der Waals surface area contributed by atoms with Crippen LogP contribution >= 0.6 is 0 Å². The molecule has 2 aliphatic heterocycles. The van der Waals surface area contributed by atoms with Crippen molar-refractivity contribution in [2.24, 2.45) is 0 Å². The molecule has 0 atom stereocenters. The van der Waals surface area contributed by atoms with Crippen LogP contribution in [0.2, 0.25) is 0 Å². The summed E-state index contributed by atoms with van der Waals surface area (Å²) in [5.74, 6) is 3.11.